The van der Waals surface area contributed by atoms with Gasteiger partial charge in [0.1, 0.15) is 18.1 Å². The Morgan fingerprint density at radius 1 is 0.971 bits per heavy atom. The zero-order valence-corrected chi connectivity index (χ0v) is 20.4. The van der Waals surface area contributed by atoms with E-state index in [0.717, 1.165) is 21.4 Å². The Hall–Kier alpha value is -4.13. The number of hydrogen-bond acceptors (Lipinski definition) is 5. The number of amides is 1. The number of aryl methyl sites for hydroxylation is 2. The van der Waals surface area contributed by atoms with Crippen LogP contribution < -0.4 is 20.5 Å². The van der Waals surface area contributed by atoms with E-state index in [0.29, 0.717) is 22.4 Å². The molecule has 0 aliphatic heterocycles. The van der Waals surface area contributed by atoms with Crippen LogP contribution in [0.5, 0.6) is 11.5 Å². The van der Waals surface area contributed by atoms with Gasteiger partial charge < -0.3 is 9.47 Å². The molecule has 1 aromatic heterocycles. The van der Waals surface area contributed by atoms with E-state index in [1.807, 2.05) is 62.4 Å². The highest BCUT2D eigenvalue weighted by Crippen LogP contribution is 2.27. The van der Waals surface area contributed by atoms with E-state index >= 15 is 0 Å². The molecule has 0 bridgehead atoms. The number of ether oxygens (including phenoxy) is 2. The van der Waals surface area contributed by atoms with Crippen LogP contribution in [-0.4, -0.2) is 22.2 Å². The molecule has 1 N–H and O–H groups in total. The Kier molecular flexibility index (Phi) is 7.15. The lowest BCUT2D eigenvalue weighted by molar-refractivity contribution is -0.119. The molecule has 7 heteroatoms. The zero-order chi connectivity index (χ0) is 24.9. The maximum Gasteiger partial charge on any atom is 0.280 e. The molecule has 0 saturated heterocycles. The SMILES string of the molecule is Cc1ccc(C(C)C)c(OCC(=O)Nn2c(COc3ccccc3C)nc3ccccc3c2=O)c1. The summed E-state index contributed by atoms with van der Waals surface area (Å²) in [4.78, 5) is 30.7. The molecule has 0 atom stereocenters. The van der Waals surface area contributed by atoms with E-state index < -0.39 is 5.91 Å². The fraction of sp³-hybridized carbons (Fsp3) is 0.250. The molecule has 0 radical (unpaired) electrons. The fourth-order valence-electron chi connectivity index (χ4n) is 3.80. The predicted octanol–water partition coefficient (Wildman–Crippen LogP) is 4.86. The smallest absolute Gasteiger partial charge is 0.280 e. The minimum absolute atomic E-state index is 0.00143. The van der Waals surface area contributed by atoms with Gasteiger partial charge in [-0.2, -0.15) is 4.68 Å². The van der Waals surface area contributed by atoms with E-state index in [-0.39, 0.29) is 30.5 Å². The van der Waals surface area contributed by atoms with Crippen LogP contribution in [0.1, 0.15) is 42.3 Å². The summed E-state index contributed by atoms with van der Waals surface area (Å²) in [5, 5.41) is 0.397. The van der Waals surface area contributed by atoms with Gasteiger partial charge in [0.05, 0.1) is 10.9 Å². The zero-order valence-electron chi connectivity index (χ0n) is 20.4. The molecule has 4 rings (SSSR count). The van der Waals surface area contributed by atoms with Crippen molar-refractivity contribution in [2.75, 3.05) is 12.0 Å². The van der Waals surface area contributed by atoms with Gasteiger partial charge in [-0.3, -0.25) is 15.0 Å². The van der Waals surface area contributed by atoms with Crippen molar-refractivity contribution in [3.05, 3.63) is 99.6 Å². The summed E-state index contributed by atoms with van der Waals surface area (Å²) in [5.74, 6) is 1.38. The molecule has 35 heavy (non-hydrogen) atoms. The van der Waals surface area contributed by atoms with Crippen molar-refractivity contribution in [3.63, 3.8) is 0 Å². The average molecular weight is 472 g/mol. The monoisotopic (exact) mass is 471 g/mol. The van der Waals surface area contributed by atoms with Crippen molar-refractivity contribution in [2.24, 2.45) is 0 Å². The maximum absolute atomic E-state index is 13.2. The number of hydrogen-bond donors (Lipinski definition) is 1. The lowest BCUT2D eigenvalue weighted by Crippen LogP contribution is -2.39. The first-order valence-corrected chi connectivity index (χ1v) is 11.6. The second-order valence-electron chi connectivity index (χ2n) is 8.76. The van der Waals surface area contributed by atoms with Gasteiger partial charge in [-0.25, -0.2) is 4.98 Å². The van der Waals surface area contributed by atoms with E-state index in [1.54, 1.807) is 18.2 Å². The molecule has 180 valence electrons. The van der Waals surface area contributed by atoms with Crippen molar-refractivity contribution in [1.29, 1.82) is 0 Å². The van der Waals surface area contributed by atoms with Gasteiger partial charge in [-0.05, 0) is 60.7 Å². The number of nitrogens with one attached hydrogen (secondary N) is 1. The first-order chi connectivity index (χ1) is 16.8. The van der Waals surface area contributed by atoms with Gasteiger partial charge >= 0.3 is 0 Å². The molecule has 0 spiro atoms. The van der Waals surface area contributed by atoms with Crippen LogP contribution >= 0.6 is 0 Å². The van der Waals surface area contributed by atoms with Crippen LogP contribution in [0.3, 0.4) is 0 Å². The number of carbonyl (C=O) groups is 1. The highest BCUT2D eigenvalue weighted by Gasteiger charge is 2.16. The molecule has 1 amide bonds. The summed E-state index contributed by atoms with van der Waals surface area (Å²) in [5.41, 5.74) is 5.81. The topological polar surface area (TPSA) is 82.4 Å². The summed E-state index contributed by atoms with van der Waals surface area (Å²) in [6, 6.07) is 20.5. The quantitative estimate of drug-likeness (QED) is 0.397. The normalized spacial score (nSPS) is 11.0. The summed E-state index contributed by atoms with van der Waals surface area (Å²) < 4.78 is 12.9. The number of fused-ring (bicyclic) bond motifs is 1. The lowest BCUT2D eigenvalue weighted by atomic mass is 10.0. The van der Waals surface area contributed by atoms with Crippen LogP contribution in [0.25, 0.3) is 10.9 Å². The maximum atomic E-state index is 13.2. The number of aromatic nitrogens is 2. The molecule has 3 aromatic carbocycles. The van der Waals surface area contributed by atoms with Crippen molar-refractivity contribution >= 4 is 16.8 Å². The largest absolute Gasteiger partial charge is 0.485 e. The van der Waals surface area contributed by atoms with Crippen molar-refractivity contribution < 1.29 is 14.3 Å². The molecule has 0 aliphatic rings. The van der Waals surface area contributed by atoms with Gasteiger partial charge in [0.2, 0.25) is 0 Å². The second-order valence-corrected chi connectivity index (χ2v) is 8.76. The van der Waals surface area contributed by atoms with E-state index in [2.05, 4.69) is 24.3 Å². The van der Waals surface area contributed by atoms with Gasteiger partial charge in [0.25, 0.3) is 11.5 Å². The highest BCUT2D eigenvalue weighted by molar-refractivity contribution is 5.86. The standard InChI is InChI=1S/C28H29N3O4/c1-18(2)21-14-13-19(3)15-25(21)35-17-27(32)30-31-26(16-34-24-12-8-5-9-20(24)4)29-23-11-7-6-10-22(23)28(31)33/h5-15,18H,16-17H2,1-4H3,(H,30,32). The van der Waals surface area contributed by atoms with Gasteiger partial charge in [0, 0.05) is 0 Å². The number of para-hydroxylation sites is 2. The number of carbonyl (C=O) groups excluding carboxylic acids is 1. The second kappa shape index (κ2) is 10.4. The Morgan fingerprint density at radius 3 is 2.49 bits per heavy atom. The molecule has 0 fully saturated rings. The minimum atomic E-state index is -0.475. The van der Waals surface area contributed by atoms with Crippen molar-refractivity contribution in [2.45, 2.75) is 40.2 Å². The first-order valence-electron chi connectivity index (χ1n) is 11.6. The predicted molar refractivity (Wildman–Crippen MR) is 137 cm³/mol. The Bertz CT molecular complexity index is 1430. The van der Waals surface area contributed by atoms with Crippen LogP contribution in [0.15, 0.2) is 71.5 Å². The van der Waals surface area contributed by atoms with E-state index in [9.17, 15) is 9.59 Å². The molecule has 4 aromatic rings. The summed E-state index contributed by atoms with van der Waals surface area (Å²) in [6.45, 7) is 7.80. The van der Waals surface area contributed by atoms with E-state index in [4.69, 9.17) is 9.47 Å². The van der Waals surface area contributed by atoms with Crippen LogP contribution in [0, 0.1) is 13.8 Å². The van der Waals surface area contributed by atoms with Gasteiger partial charge in [-0.1, -0.05) is 56.3 Å². The Labute approximate surface area is 204 Å². The Balaban J connectivity index is 1.59. The molecule has 0 saturated carbocycles. The minimum Gasteiger partial charge on any atom is -0.485 e. The number of benzene rings is 3. The van der Waals surface area contributed by atoms with Crippen LogP contribution in [0.4, 0.5) is 0 Å². The average Bonchev–Trinajstić information content (AvgIpc) is 2.84. The molecule has 0 aliphatic carbocycles. The van der Waals surface area contributed by atoms with Gasteiger partial charge in [0.15, 0.2) is 12.4 Å². The summed E-state index contributed by atoms with van der Waals surface area (Å²) >= 11 is 0. The Morgan fingerprint density at radius 2 is 1.71 bits per heavy atom. The molecule has 1 heterocycles. The molecule has 0 unspecified atom stereocenters. The van der Waals surface area contributed by atoms with Crippen molar-refractivity contribution in [1.82, 2.24) is 9.66 Å². The summed E-state index contributed by atoms with van der Waals surface area (Å²) in [7, 11) is 0. The lowest BCUT2D eigenvalue weighted by Gasteiger charge is -2.17. The van der Waals surface area contributed by atoms with E-state index in [1.165, 1.54) is 0 Å². The molecular weight excluding hydrogens is 442 g/mol. The number of nitrogens with zero attached hydrogens (tertiary/aromatic N) is 2. The first kappa shape index (κ1) is 24.0. The third kappa shape index (κ3) is 5.51. The fourth-order valence-corrected chi connectivity index (χ4v) is 3.80. The molecule has 7 nitrogen and oxygen atoms in total. The van der Waals surface area contributed by atoms with Crippen LogP contribution in [0.2, 0.25) is 0 Å². The molecular formula is C28H29N3O4. The summed E-state index contributed by atoms with van der Waals surface area (Å²) in [6.07, 6.45) is 0. The van der Waals surface area contributed by atoms with Crippen molar-refractivity contribution in [3.8, 4) is 11.5 Å². The third-order valence-corrected chi connectivity index (χ3v) is 5.68. The van der Waals surface area contributed by atoms with Gasteiger partial charge in [-0.15, -0.1) is 0 Å². The number of rotatable bonds is 8. The van der Waals surface area contributed by atoms with Crippen LogP contribution in [-0.2, 0) is 11.4 Å². The highest BCUT2D eigenvalue weighted by atomic mass is 16.5. The third-order valence-electron chi connectivity index (χ3n) is 5.68.